The number of imidazole rings is 1. The van der Waals surface area contributed by atoms with Crippen molar-refractivity contribution in [1.29, 1.82) is 0 Å². The Labute approximate surface area is 115 Å². The van der Waals surface area contributed by atoms with Crippen LogP contribution in [0.5, 0.6) is 5.75 Å². The van der Waals surface area contributed by atoms with Crippen molar-refractivity contribution in [2.75, 3.05) is 0 Å². The minimum Gasteiger partial charge on any atom is -0.506 e. The highest BCUT2D eigenvalue weighted by atomic mass is 16.3. The molecule has 0 aliphatic rings. The third kappa shape index (κ3) is 1.57. The molecule has 3 aromatic carbocycles. The van der Waals surface area contributed by atoms with Crippen LogP contribution in [-0.2, 0) is 0 Å². The number of hydrogen-bond acceptors (Lipinski definition) is 2. The number of rotatable bonds is 1. The van der Waals surface area contributed by atoms with E-state index < -0.39 is 0 Å². The van der Waals surface area contributed by atoms with Gasteiger partial charge in [0, 0.05) is 5.56 Å². The number of aromatic nitrogens is 2. The average molecular weight is 260 g/mol. The first-order valence-electron chi connectivity index (χ1n) is 6.49. The summed E-state index contributed by atoms with van der Waals surface area (Å²) in [6, 6.07) is 19.7. The number of aromatic amines is 1. The van der Waals surface area contributed by atoms with Crippen LogP contribution >= 0.6 is 0 Å². The number of benzene rings is 3. The minimum atomic E-state index is 0.224. The molecule has 1 heterocycles. The number of para-hydroxylation sites is 1. The Morgan fingerprint density at radius 1 is 0.850 bits per heavy atom. The van der Waals surface area contributed by atoms with Gasteiger partial charge in [0.25, 0.3) is 0 Å². The van der Waals surface area contributed by atoms with Gasteiger partial charge in [-0.15, -0.1) is 0 Å². The first kappa shape index (κ1) is 11.1. The molecule has 0 atom stereocenters. The molecule has 96 valence electrons. The summed E-state index contributed by atoms with van der Waals surface area (Å²) >= 11 is 0. The number of aromatic hydroxyl groups is 1. The van der Waals surface area contributed by atoms with Crippen LogP contribution in [0.15, 0.2) is 60.7 Å². The molecule has 1 aromatic heterocycles. The van der Waals surface area contributed by atoms with Crippen molar-refractivity contribution in [3.05, 3.63) is 60.7 Å². The molecule has 0 aliphatic carbocycles. The Kier molecular flexibility index (Phi) is 2.27. The van der Waals surface area contributed by atoms with Crippen LogP contribution in [0.1, 0.15) is 0 Å². The zero-order valence-electron chi connectivity index (χ0n) is 10.7. The molecule has 2 N–H and O–H groups in total. The quantitative estimate of drug-likeness (QED) is 0.541. The van der Waals surface area contributed by atoms with Gasteiger partial charge in [0.05, 0.1) is 5.52 Å². The van der Waals surface area contributed by atoms with Crippen molar-refractivity contribution < 1.29 is 5.11 Å². The maximum atomic E-state index is 9.87. The summed E-state index contributed by atoms with van der Waals surface area (Å²) in [5.41, 5.74) is 2.49. The van der Waals surface area contributed by atoms with Gasteiger partial charge in [0.15, 0.2) is 0 Å². The molecule has 0 spiro atoms. The molecular formula is C17H12N2O. The molecule has 0 saturated carbocycles. The first-order valence-corrected chi connectivity index (χ1v) is 6.49. The predicted molar refractivity (Wildman–Crippen MR) is 80.7 cm³/mol. The predicted octanol–water partition coefficient (Wildman–Crippen LogP) is 4.09. The van der Waals surface area contributed by atoms with Crippen LogP contribution in [0.3, 0.4) is 0 Å². The van der Waals surface area contributed by atoms with Crippen LogP contribution in [0.25, 0.3) is 33.2 Å². The molecule has 0 saturated heterocycles. The molecule has 4 rings (SSSR count). The van der Waals surface area contributed by atoms with E-state index in [1.54, 1.807) is 12.1 Å². The molecule has 0 unspecified atom stereocenters. The highest BCUT2D eigenvalue weighted by Gasteiger charge is 2.10. The van der Waals surface area contributed by atoms with E-state index >= 15 is 0 Å². The largest absolute Gasteiger partial charge is 0.506 e. The molecule has 0 bridgehead atoms. The topological polar surface area (TPSA) is 48.9 Å². The summed E-state index contributed by atoms with van der Waals surface area (Å²) in [7, 11) is 0. The fraction of sp³-hybridized carbons (Fsp3) is 0. The van der Waals surface area contributed by atoms with Crippen molar-refractivity contribution in [2.24, 2.45) is 0 Å². The molecule has 3 nitrogen and oxygen atoms in total. The molecule has 0 amide bonds. The molecule has 20 heavy (non-hydrogen) atoms. The van der Waals surface area contributed by atoms with Gasteiger partial charge in [-0.2, -0.15) is 0 Å². The second kappa shape index (κ2) is 4.10. The van der Waals surface area contributed by atoms with Crippen LogP contribution in [0.2, 0.25) is 0 Å². The van der Waals surface area contributed by atoms with Gasteiger partial charge in [-0.05, 0) is 22.9 Å². The van der Waals surface area contributed by atoms with Crippen LogP contribution in [0.4, 0.5) is 0 Å². The standard InChI is InChI=1S/C17H12N2O/c20-15-10-4-9-14-16(15)19-17(18-14)13-8-3-6-11-5-1-2-7-12(11)13/h1-10,20H,(H,18,19). The average Bonchev–Trinajstić information content (AvgIpc) is 2.92. The lowest BCUT2D eigenvalue weighted by atomic mass is 10.0. The summed E-state index contributed by atoms with van der Waals surface area (Å²) in [5.74, 6) is 1.000. The number of phenols is 1. The zero-order valence-corrected chi connectivity index (χ0v) is 10.7. The van der Waals surface area contributed by atoms with Gasteiger partial charge in [-0.3, -0.25) is 0 Å². The summed E-state index contributed by atoms with van der Waals surface area (Å²) in [6.07, 6.45) is 0. The molecule has 0 aliphatic heterocycles. The third-order valence-corrected chi connectivity index (χ3v) is 3.54. The Balaban J connectivity index is 2.04. The Bertz CT molecular complexity index is 919. The van der Waals surface area contributed by atoms with Gasteiger partial charge in [-0.1, -0.05) is 48.5 Å². The maximum absolute atomic E-state index is 9.87. The van der Waals surface area contributed by atoms with Crippen LogP contribution in [-0.4, -0.2) is 15.1 Å². The number of nitrogens with zero attached hydrogens (tertiary/aromatic N) is 1. The van der Waals surface area contributed by atoms with Gasteiger partial charge < -0.3 is 10.1 Å². The highest BCUT2D eigenvalue weighted by molar-refractivity contribution is 5.97. The van der Waals surface area contributed by atoms with Gasteiger partial charge in [0.1, 0.15) is 17.1 Å². The van der Waals surface area contributed by atoms with E-state index in [1.807, 2.05) is 30.3 Å². The van der Waals surface area contributed by atoms with Crippen molar-refractivity contribution in [2.45, 2.75) is 0 Å². The van der Waals surface area contributed by atoms with Crippen molar-refractivity contribution in [1.82, 2.24) is 9.97 Å². The van der Waals surface area contributed by atoms with Crippen molar-refractivity contribution in [3.63, 3.8) is 0 Å². The summed E-state index contributed by atoms with van der Waals surface area (Å²) in [5, 5.41) is 12.2. The van der Waals surface area contributed by atoms with E-state index in [2.05, 4.69) is 28.2 Å². The Morgan fingerprint density at radius 2 is 1.65 bits per heavy atom. The van der Waals surface area contributed by atoms with E-state index in [-0.39, 0.29) is 5.75 Å². The van der Waals surface area contributed by atoms with Crippen LogP contribution < -0.4 is 0 Å². The maximum Gasteiger partial charge on any atom is 0.141 e. The molecule has 0 fully saturated rings. The van der Waals surface area contributed by atoms with Gasteiger partial charge in [0.2, 0.25) is 0 Å². The lowest BCUT2D eigenvalue weighted by Gasteiger charge is -2.03. The fourth-order valence-corrected chi connectivity index (χ4v) is 2.58. The molecule has 4 aromatic rings. The first-order chi connectivity index (χ1) is 9.83. The second-order valence-corrected chi connectivity index (χ2v) is 4.78. The Morgan fingerprint density at radius 3 is 2.55 bits per heavy atom. The van der Waals surface area contributed by atoms with E-state index in [0.717, 1.165) is 22.3 Å². The Hall–Kier alpha value is -2.81. The van der Waals surface area contributed by atoms with E-state index in [1.165, 1.54) is 5.39 Å². The summed E-state index contributed by atoms with van der Waals surface area (Å²) in [4.78, 5) is 7.79. The lowest BCUT2D eigenvalue weighted by molar-refractivity contribution is 0.480. The lowest BCUT2D eigenvalue weighted by Crippen LogP contribution is -1.82. The van der Waals surface area contributed by atoms with Crippen molar-refractivity contribution in [3.8, 4) is 17.1 Å². The number of nitrogens with one attached hydrogen (secondary N) is 1. The smallest absolute Gasteiger partial charge is 0.141 e. The summed E-state index contributed by atoms with van der Waals surface area (Å²) in [6.45, 7) is 0. The minimum absolute atomic E-state index is 0.224. The second-order valence-electron chi connectivity index (χ2n) is 4.78. The number of fused-ring (bicyclic) bond motifs is 2. The number of H-pyrrole nitrogens is 1. The van der Waals surface area contributed by atoms with E-state index in [4.69, 9.17) is 0 Å². The SMILES string of the molecule is Oc1cccc2nc(-c3cccc4ccccc34)[nH]c12. The normalized spacial score (nSPS) is 11.2. The fourth-order valence-electron chi connectivity index (χ4n) is 2.58. The van der Waals surface area contributed by atoms with Gasteiger partial charge in [-0.25, -0.2) is 4.98 Å². The van der Waals surface area contributed by atoms with Crippen molar-refractivity contribution >= 4 is 21.8 Å². The third-order valence-electron chi connectivity index (χ3n) is 3.54. The molecule has 3 heteroatoms. The highest BCUT2D eigenvalue weighted by Crippen LogP contribution is 2.30. The summed E-state index contributed by atoms with van der Waals surface area (Å²) < 4.78 is 0. The van der Waals surface area contributed by atoms with E-state index in [0.29, 0.717) is 5.52 Å². The van der Waals surface area contributed by atoms with Crippen LogP contribution in [0, 0.1) is 0 Å². The zero-order chi connectivity index (χ0) is 13.5. The molecule has 0 radical (unpaired) electrons. The van der Waals surface area contributed by atoms with E-state index in [9.17, 15) is 5.11 Å². The van der Waals surface area contributed by atoms with Gasteiger partial charge >= 0.3 is 0 Å². The number of hydrogen-bond donors (Lipinski definition) is 2. The number of phenolic OH excluding ortho intramolecular Hbond substituents is 1. The molecular weight excluding hydrogens is 248 g/mol. The monoisotopic (exact) mass is 260 g/mol.